The van der Waals surface area contributed by atoms with Crippen molar-refractivity contribution in [2.24, 2.45) is 0 Å². The van der Waals surface area contributed by atoms with Crippen molar-refractivity contribution in [2.75, 3.05) is 11.1 Å². The Bertz CT molecular complexity index is 1260. The number of nitrogens with one attached hydrogen (secondary N) is 1. The molecule has 1 aromatic carbocycles. The number of fused-ring (bicyclic) bond motifs is 1. The number of nitrogens with two attached hydrogens (primary N) is 1. The van der Waals surface area contributed by atoms with Crippen LogP contribution in [0, 0.1) is 23.1 Å². The van der Waals surface area contributed by atoms with E-state index in [-0.39, 0.29) is 23.1 Å². The summed E-state index contributed by atoms with van der Waals surface area (Å²) in [6, 6.07) is 9.90. The summed E-state index contributed by atoms with van der Waals surface area (Å²) in [6.45, 7) is 1.77. The number of hydrogen-bond donors (Lipinski definition) is 2. The van der Waals surface area contributed by atoms with Gasteiger partial charge in [0.1, 0.15) is 34.9 Å². The van der Waals surface area contributed by atoms with E-state index in [9.17, 15) is 14.0 Å². The van der Waals surface area contributed by atoms with Gasteiger partial charge in [-0.15, -0.1) is 0 Å². The summed E-state index contributed by atoms with van der Waals surface area (Å²) in [7, 11) is 0. The normalized spacial score (nSPS) is 11.9. The summed E-state index contributed by atoms with van der Waals surface area (Å²) in [5, 5.41) is 12.3. The molecular formula is C19H14F2N8. The van der Waals surface area contributed by atoms with Crippen LogP contribution in [0.2, 0.25) is 0 Å². The van der Waals surface area contributed by atoms with Crippen molar-refractivity contribution in [2.45, 2.75) is 13.0 Å². The fourth-order valence-corrected chi connectivity index (χ4v) is 2.98. The highest BCUT2D eigenvalue weighted by molar-refractivity contribution is 5.78. The quantitative estimate of drug-likeness (QED) is 0.512. The second-order valence-electron chi connectivity index (χ2n) is 6.23. The zero-order chi connectivity index (χ0) is 20.5. The van der Waals surface area contributed by atoms with Crippen LogP contribution in [0.1, 0.15) is 24.4 Å². The van der Waals surface area contributed by atoms with E-state index in [4.69, 9.17) is 5.73 Å². The molecule has 4 aromatic rings. The highest BCUT2D eigenvalue weighted by atomic mass is 19.1. The Morgan fingerprint density at radius 2 is 2.00 bits per heavy atom. The van der Waals surface area contributed by atoms with Crippen LogP contribution < -0.4 is 11.1 Å². The number of pyridine rings is 1. The molecule has 8 nitrogen and oxygen atoms in total. The third kappa shape index (κ3) is 3.41. The van der Waals surface area contributed by atoms with E-state index in [1.807, 2.05) is 6.07 Å². The average molecular weight is 392 g/mol. The first-order chi connectivity index (χ1) is 14.0. The lowest BCUT2D eigenvalue weighted by molar-refractivity contribution is 0.579. The summed E-state index contributed by atoms with van der Waals surface area (Å²) in [5.41, 5.74) is 6.75. The number of aromatic nitrogens is 5. The van der Waals surface area contributed by atoms with Crippen LogP contribution >= 0.6 is 0 Å². The van der Waals surface area contributed by atoms with Gasteiger partial charge in [0.05, 0.1) is 23.3 Å². The Hall–Kier alpha value is -4.13. The number of imidazole rings is 1. The first-order valence-corrected chi connectivity index (χ1v) is 8.56. The van der Waals surface area contributed by atoms with Gasteiger partial charge in [-0.2, -0.15) is 14.6 Å². The first kappa shape index (κ1) is 18.2. The van der Waals surface area contributed by atoms with E-state index in [2.05, 4.69) is 25.3 Å². The van der Waals surface area contributed by atoms with Gasteiger partial charge in [-0.25, -0.2) is 19.3 Å². The average Bonchev–Trinajstić information content (AvgIpc) is 3.07. The third-order valence-corrected chi connectivity index (χ3v) is 4.24. The third-order valence-electron chi connectivity index (χ3n) is 4.24. The second-order valence-corrected chi connectivity index (χ2v) is 6.23. The SMILES string of the molecule is C[C@H](Nc1nc(N)ncc1C#N)c1nc2ccc(F)cc2n1-c1cccc(F)n1. The number of nitrogen functional groups attached to an aromatic ring is 1. The molecule has 29 heavy (non-hydrogen) atoms. The van der Waals surface area contributed by atoms with Crippen molar-refractivity contribution in [1.82, 2.24) is 24.5 Å². The van der Waals surface area contributed by atoms with Crippen molar-refractivity contribution >= 4 is 22.8 Å². The zero-order valence-corrected chi connectivity index (χ0v) is 15.1. The molecule has 0 aliphatic carbocycles. The Labute approximate surface area is 163 Å². The molecule has 0 aliphatic rings. The number of anilines is 2. The lowest BCUT2D eigenvalue weighted by Crippen LogP contribution is -2.16. The smallest absolute Gasteiger partial charge is 0.222 e. The standard InChI is InChI=1S/C19H14F2N8/c1-10(25-17-11(8-22)9-24-19(23)28-17)18-26-13-6-5-12(20)7-14(13)29(18)16-4-2-3-15(21)27-16/h2-7,9-10H,1H3,(H3,23,24,25,28)/t10-/m0/s1. The van der Waals surface area contributed by atoms with Gasteiger partial charge in [-0.3, -0.25) is 4.57 Å². The van der Waals surface area contributed by atoms with Gasteiger partial charge in [0.15, 0.2) is 0 Å². The van der Waals surface area contributed by atoms with Crippen LogP contribution in [0.25, 0.3) is 16.9 Å². The minimum absolute atomic E-state index is 0.000992. The molecule has 3 N–H and O–H groups in total. The highest BCUT2D eigenvalue weighted by Gasteiger charge is 2.21. The number of nitriles is 1. The van der Waals surface area contributed by atoms with Crippen molar-refractivity contribution in [3.05, 3.63) is 65.7 Å². The van der Waals surface area contributed by atoms with E-state index in [1.165, 1.54) is 36.5 Å². The molecule has 10 heteroatoms. The maximum Gasteiger partial charge on any atom is 0.222 e. The van der Waals surface area contributed by atoms with Gasteiger partial charge in [-0.1, -0.05) is 6.07 Å². The molecule has 0 radical (unpaired) electrons. The van der Waals surface area contributed by atoms with Gasteiger partial charge in [-0.05, 0) is 31.2 Å². The first-order valence-electron chi connectivity index (χ1n) is 8.56. The molecular weight excluding hydrogens is 378 g/mol. The lowest BCUT2D eigenvalue weighted by Gasteiger charge is -2.17. The predicted molar refractivity (Wildman–Crippen MR) is 102 cm³/mol. The van der Waals surface area contributed by atoms with Crippen molar-refractivity contribution in [3.63, 3.8) is 0 Å². The number of rotatable bonds is 4. The minimum Gasteiger partial charge on any atom is -0.368 e. The molecule has 3 aromatic heterocycles. The zero-order valence-electron chi connectivity index (χ0n) is 15.1. The lowest BCUT2D eigenvalue weighted by atomic mass is 10.2. The molecule has 3 heterocycles. The molecule has 0 fully saturated rings. The number of halogens is 2. The Balaban J connectivity index is 1.86. The molecule has 4 rings (SSSR count). The Morgan fingerprint density at radius 1 is 1.17 bits per heavy atom. The maximum absolute atomic E-state index is 13.9. The highest BCUT2D eigenvalue weighted by Crippen LogP contribution is 2.27. The van der Waals surface area contributed by atoms with Crippen molar-refractivity contribution in [3.8, 4) is 11.9 Å². The largest absolute Gasteiger partial charge is 0.368 e. The summed E-state index contributed by atoms with van der Waals surface area (Å²) >= 11 is 0. The summed E-state index contributed by atoms with van der Waals surface area (Å²) < 4.78 is 29.2. The topological polar surface area (TPSA) is 118 Å². The van der Waals surface area contributed by atoms with Crippen LogP contribution in [-0.2, 0) is 0 Å². The summed E-state index contributed by atoms with van der Waals surface area (Å²) in [6.07, 6.45) is 1.31. The minimum atomic E-state index is -0.678. The Morgan fingerprint density at radius 3 is 2.76 bits per heavy atom. The van der Waals surface area contributed by atoms with Crippen LogP contribution in [0.15, 0.2) is 42.6 Å². The van der Waals surface area contributed by atoms with E-state index in [1.54, 1.807) is 17.6 Å². The van der Waals surface area contributed by atoms with E-state index < -0.39 is 17.8 Å². The molecule has 1 atom stereocenters. The monoisotopic (exact) mass is 392 g/mol. The van der Waals surface area contributed by atoms with Crippen LogP contribution in [0.3, 0.4) is 0 Å². The number of benzene rings is 1. The van der Waals surface area contributed by atoms with E-state index in [0.717, 1.165) is 0 Å². The molecule has 144 valence electrons. The molecule has 0 aliphatic heterocycles. The maximum atomic E-state index is 13.9. The predicted octanol–water partition coefficient (Wildman–Crippen LogP) is 3.12. The van der Waals surface area contributed by atoms with Crippen LogP contribution in [0.4, 0.5) is 20.5 Å². The van der Waals surface area contributed by atoms with Gasteiger partial charge in [0, 0.05) is 6.07 Å². The summed E-state index contributed by atoms with van der Waals surface area (Å²) in [5.74, 6) is -0.250. The van der Waals surface area contributed by atoms with Gasteiger partial charge < -0.3 is 11.1 Å². The van der Waals surface area contributed by atoms with Crippen LogP contribution in [-0.4, -0.2) is 24.5 Å². The molecule has 0 unspecified atom stereocenters. The molecule has 0 bridgehead atoms. The molecule has 0 saturated carbocycles. The van der Waals surface area contributed by atoms with Gasteiger partial charge in [0.25, 0.3) is 0 Å². The number of nitrogens with zero attached hydrogens (tertiary/aromatic N) is 6. The van der Waals surface area contributed by atoms with Crippen molar-refractivity contribution < 1.29 is 8.78 Å². The van der Waals surface area contributed by atoms with Crippen LogP contribution in [0.5, 0.6) is 0 Å². The molecule has 0 amide bonds. The van der Waals surface area contributed by atoms with Gasteiger partial charge >= 0.3 is 0 Å². The van der Waals surface area contributed by atoms with Crippen molar-refractivity contribution in [1.29, 1.82) is 5.26 Å². The molecule has 0 saturated heterocycles. The fourth-order valence-electron chi connectivity index (χ4n) is 2.98. The van der Waals surface area contributed by atoms with Gasteiger partial charge in [0.2, 0.25) is 11.9 Å². The van der Waals surface area contributed by atoms with E-state index in [0.29, 0.717) is 16.9 Å². The Kier molecular flexibility index (Phi) is 4.48. The fraction of sp³-hybridized carbons (Fsp3) is 0.105. The second kappa shape index (κ2) is 7.12. The van der Waals surface area contributed by atoms with E-state index >= 15 is 0 Å². The molecule has 0 spiro atoms. The number of hydrogen-bond acceptors (Lipinski definition) is 7. The summed E-state index contributed by atoms with van der Waals surface area (Å²) in [4.78, 5) is 16.3.